The van der Waals surface area contributed by atoms with Gasteiger partial charge in [-0.05, 0) is 72.9 Å². The average Bonchev–Trinajstić information content (AvgIpc) is 2.82. The molecule has 1 amide bonds. The number of nitrogens with zero attached hydrogens (tertiary/aromatic N) is 1. The van der Waals surface area contributed by atoms with E-state index in [-0.39, 0.29) is 17.4 Å². The number of carbonyl (C=O) groups excluding carboxylic acids is 1. The van der Waals surface area contributed by atoms with Gasteiger partial charge in [-0.15, -0.1) is 0 Å². The minimum Gasteiger partial charge on any atom is -0.484 e. The van der Waals surface area contributed by atoms with Crippen LogP contribution in [0.1, 0.15) is 23.1 Å². The zero-order chi connectivity index (χ0) is 23.4. The second-order valence-corrected chi connectivity index (χ2v) is 10.2. The standard InChI is InChI=1S/C25H25ClN2O4S/c1-18-15-22(33(30,31)28-14-4-6-20-5-2-3-7-23(20)28)12-13-24(18)32-17-25(29)27-16-19-8-10-21(26)11-9-19/h2-3,5,7-13,15H,4,6,14,16-17H2,1H3,(H,27,29). The number of aryl methyl sites for hydroxylation is 2. The summed E-state index contributed by atoms with van der Waals surface area (Å²) in [6.45, 7) is 2.42. The molecule has 1 heterocycles. The molecule has 0 radical (unpaired) electrons. The quantitative estimate of drug-likeness (QED) is 0.536. The summed E-state index contributed by atoms with van der Waals surface area (Å²) in [5.74, 6) is 0.195. The van der Waals surface area contributed by atoms with E-state index < -0.39 is 10.0 Å². The summed E-state index contributed by atoms with van der Waals surface area (Å²) >= 11 is 5.86. The van der Waals surface area contributed by atoms with Crippen LogP contribution in [-0.4, -0.2) is 27.5 Å². The van der Waals surface area contributed by atoms with Crippen LogP contribution in [0.5, 0.6) is 5.75 Å². The molecule has 172 valence electrons. The minimum absolute atomic E-state index is 0.167. The normalized spacial score (nSPS) is 13.3. The first kappa shape index (κ1) is 23.1. The van der Waals surface area contributed by atoms with E-state index in [0.717, 1.165) is 29.7 Å². The highest BCUT2D eigenvalue weighted by atomic mass is 35.5. The number of halogens is 1. The Morgan fingerprint density at radius 2 is 1.85 bits per heavy atom. The number of sulfonamides is 1. The van der Waals surface area contributed by atoms with Crippen LogP contribution in [0.15, 0.2) is 71.6 Å². The van der Waals surface area contributed by atoms with Gasteiger partial charge < -0.3 is 10.1 Å². The van der Waals surface area contributed by atoms with E-state index in [1.165, 1.54) is 10.4 Å². The molecule has 6 nitrogen and oxygen atoms in total. The van der Waals surface area contributed by atoms with Crippen molar-refractivity contribution in [2.75, 3.05) is 17.5 Å². The summed E-state index contributed by atoms with van der Waals surface area (Å²) in [7, 11) is -3.70. The minimum atomic E-state index is -3.70. The summed E-state index contributed by atoms with van der Waals surface area (Å²) in [4.78, 5) is 12.4. The molecule has 0 spiro atoms. The number of benzene rings is 3. The van der Waals surface area contributed by atoms with Gasteiger partial charge in [0.2, 0.25) is 0 Å². The summed E-state index contributed by atoms with van der Waals surface area (Å²) in [5, 5.41) is 3.42. The largest absolute Gasteiger partial charge is 0.484 e. The molecule has 0 bridgehead atoms. The van der Waals surface area contributed by atoms with Crippen molar-refractivity contribution in [3.8, 4) is 5.75 Å². The maximum Gasteiger partial charge on any atom is 0.264 e. The lowest BCUT2D eigenvalue weighted by Gasteiger charge is -2.30. The molecule has 1 aliphatic rings. The summed E-state index contributed by atoms with van der Waals surface area (Å²) in [6, 6.07) is 19.5. The van der Waals surface area contributed by atoms with Crippen LogP contribution in [-0.2, 0) is 27.8 Å². The second kappa shape index (κ2) is 9.85. The van der Waals surface area contributed by atoms with Gasteiger partial charge in [-0.3, -0.25) is 9.10 Å². The number of anilines is 1. The molecular formula is C25H25ClN2O4S. The third-order valence-corrected chi connectivity index (χ3v) is 7.62. The second-order valence-electron chi connectivity index (χ2n) is 7.93. The fourth-order valence-corrected chi connectivity index (χ4v) is 5.57. The highest BCUT2D eigenvalue weighted by molar-refractivity contribution is 7.92. The lowest BCUT2D eigenvalue weighted by atomic mass is 10.0. The predicted molar refractivity (Wildman–Crippen MR) is 129 cm³/mol. The van der Waals surface area contributed by atoms with Crippen molar-refractivity contribution in [2.45, 2.75) is 31.2 Å². The van der Waals surface area contributed by atoms with Crippen molar-refractivity contribution in [3.63, 3.8) is 0 Å². The molecule has 0 fully saturated rings. The summed E-state index contributed by atoms with van der Waals surface area (Å²) in [6.07, 6.45) is 1.65. The third-order valence-electron chi connectivity index (χ3n) is 5.56. The van der Waals surface area contributed by atoms with Gasteiger partial charge in [0.15, 0.2) is 6.61 Å². The fourth-order valence-electron chi connectivity index (χ4n) is 3.82. The van der Waals surface area contributed by atoms with Gasteiger partial charge in [0, 0.05) is 18.1 Å². The molecule has 0 aliphatic carbocycles. The van der Waals surface area contributed by atoms with Crippen molar-refractivity contribution in [1.29, 1.82) is 0 Å². The average molecular weight is 485 g/mol. The van der Waals surface area contributed by atoms with Crippen molar-refractivity contribution in [1.82, 2.24) is 5.32 Å². The first-order chi connectivity index (χ1) is 15.8. The number of fused-ring (bicyclic) bond motifs is 1. The maximum atomic E-state index is 13.3. The van der Waals surface area contributed by atoms with Crippen molar-refractivity contribution < 1.29 is 17.9 Å². The zero-order valence-corrected chi connectivity index (χ0v) is 19.8. The molecule has 0 unspecified atom stereocenters. The Morgan fingerprint density at radius 3 is 2.61 bits per heavy atom. The number of hydrogen-bond donors (Lipinski definition) is 1. The van der Waals surface area contributed by atoms with Gasteiger partial charge in [-0.25, -0.2) is 8.42 Å². The highest BCUT2D eigenvalue weighted by Crippen LogP contribution is 2.33. The van der Waals surface area contributed by atoms with E-state index in [9.17, 15) is 13.2 Å². The van der Waals surface area contributed by atoms with E-state index in [0.29, 0.717) is 29.4 Å². The Morgan fingerprint density at radius 1 is 1.09 bits per heavy atom. The van der Waals surface area contributed by atoms with Gasteiger partial charge in [-0.2, -0.15) is 0 Å². The van der Waals surface area contributed by atoms with Gasteiger partial charge in [0.1, 0.15) is 5.75 Å². The van der Waals surface area contributed by atoms with Gasteiger partial charge in [0.05, 0.1) is 10.6 Å². The number of amides is 1. The molecule has 1 aliphatic heterocycles. The molecule has 1 N–H and O–H groups in total. The van der Waals surface area contributed by atoms with Crippen LogP contribution in [0.2, 0.25) is 5.02 Å². The molecule has 4 rings (SSSR count). The van der Waals surface area contributed by atoms with E-state index in [1.54, 1.807) is 31.2 Å². The van der Waals surface area contributed by atoms with Crippen LogP contribution < -0.4 is 14.4 Å². The lowest BCUT2D eigenvalue weighted by Crippen LogP contribution is -2.35. The number of rotatable bonds is 7. The lowest BCUT2D eigenvalue weighted by molar-refractivity contribution is -0.123. The van der Waals surface area contributed by atoms with Crippen LogP contribution in [0.4, 0.5) is 5.69 Å². The maximum absolute atomic E-state index is 13.3. The van der Waals surface area contributed by atoms with Gasteiger partial charge in [0.25, 0.3) is 15.9 Å². The van der Waals surface area contributed by atoms with Crippen molar-refractivity contribution in [3.05, 3.63) is 88.4 Å². The van der Waals surface area contributed by atoms with Crippen molar-refractivity contribution >= 4 is 33.2 Å². The molecule has 0 saturated carbocycles. The van der Waals surface area contributed by atoms with Gasteiger partial charge >= 0.3 is 0 Å². The van der Waals surface area contributed by atoms with E-state index in [1.807, 2.05) is 36.4 Å². The van der Waals surface area contributed by atoms with Gasteiger partial charge in [-0.1, -0.05) is 41.9 Å². The predicted octanol–water partition coefficient (Wildman–Crippen LogP) is 4.49. The van der Waals surface area contributed by atoms with Crippen LogP contribution >= 0.6 is 11.6 Å². The Labute approximate surface area is 199 Å². The van der Waals surface area contributed by atoms with E-state index in [4.69, 9.17) is 16.3 Å². The molecule has 0 atom stereocenters. The first-order valence-corrected chi connectivity index (χ1v) is 12.5. The SMILES string of the molecule is Cc1cc(S(=O)(=O)N2CCCc3ccccc32)ccc1OCC(=O)NCc1ccc(Cl)cc1. The molecule has 0 saturated heterocycles. The summed E-state index contributed by atoms with van der Waals surface area (Å²) < 4.78 is 33.8. The topological polar surface area (TPSA) is 75.7 Å². The van der Waals surface area contributed by atoms with Crippen LogP contribution in [0, 0.1) is 6.92 Å². The third kappa shape index (κ3) is 5.31. The Kier molecular flexibility index (Phi) is 6.91. The number of carbonyl (C=O) groups is 1. The fraction of sp³-hybridized carbons (Fsp3) is 0.240. The Bertz CT molecular complexity index is 1260. The molecule has 8 heteroatoms. The number of nitrogens with one attached hydrogen (secondary N) is 1. The molecular weight excluding hydrogens is 460 g/mol. The summed E-state index contributed by atoms with van der Waals surface area (Å²) in [5.41, 5.74) is 3.34. The van der Waals surface area contributed by atoms with Crippen LogP contribution in [0.25, 0.3) is 0 Å². The number of hydrogen-bond acceptors (Lipinski definition) is 4. The zero-order valence-electron chi connectivity index (χ0n) is 18.3. The molecule has 3 aromatic carbocycles. The van der Waals surface area contributed by atoms with Crippen LogP contribution in [0.3, 0.4) is 0 Å². The first-order valence-electron chi connectivity index (χ1n) is 10.7. The van der Waals surface area contributed by atoms with E-state index in [2.05, 4.69) is 5.32 Å². The molecule has 0 aromatic heterocycles. The Balaban J connectivity index is 1.41. The van der Waals surface area contributed by atoms with E-state index >= 15 is 0 Å². The van der Waals surface area contributed by atoms with Crippen molar-refractivity contribution in [2.24, 2.45) is 0 Å². The Hall–Kier alpha value is -3.03. The highest BCUT2D eigenvalue weighted by Gasteiger charge is 2.29. The monoisotopic (exact) mass is 484 g/mol. The smallest absolute Gasteiger partial charge is 0.264 e. The number of ether oxygens (including phenoxy) is 1. The molecule has 3 aromatic rings. The molecule has 33 heavy (non-hydrogen) atoms. The number of para-hydroxylation sites is 1.